The third kappa shape index (κ3) is 3.54. The first-order valence-electron chi connectivity index (χ1n) is 6.33. The molecule has 4 nitrogen and oxygen atoms in total. The first kappa shape index (κ1) is 15.8. The maximum absolute atomic E-state index is 12.3. The summed E-state index contributed by atoms with van der Waals surface area (Å²) in [6.45, 7) is 3.95. The van der Waals surface area contributed by atoms with E-state index in [2.05, 4.69) is 31.5 Å². The number of rotatable bonds is 3. The van der Waals surface area contributed by atoms with Gasteiger partial charge in [0.05, 0.1) is 10.6 Å². The molecule has 0 saturated carbocycles. The standard InChI is InChI=1S/C15H15BrClN3O/c1-8-4-10(5-9(2)14(8)16)20-15(21)11-6-13(18-3)19-7-12(11)17/h4-7H,1-3H3,(H,18,19)(H,20,21). The molecule has 0 atom stereocenters. The number of hydrogen-bond donors (Lipinski definition) is 2. The summed E-state index contributed by atoms with van der Waals surface area (Å²) in [6.07, 6.45) is 1.46. The molecule has 1 heterocycles. The molecule has 1 aromatic heterocycles. The minimum absolute atomic E-state index is 0.264. The molecule has 0 spiro atoms. The number of carbonyl (C=O) groups is 1. The second kappa shape index (κ2) is 6.45. The van der Waals surface area contributed by atoms with Crippen LogP contribution in [0.1, 0.15) is 21.5 Å². The first-order valence-corrected chi connectivity index (χ1v) is 7.51. The van der Waals surface area contributed by atoms with Gasteiger partial charge < -0.3 is 10.6 Å². The van der Waals surface area contributed by atoms with Crippen LogP contribution >= 0.6 is 27.5 Å². The van der Waals surface area contributed by atoms with Crippen molar-refractivity contribution in [2.75, 3.05) is 17.7 Å². The van der Waals surface area contributed by atoms with Crippen molar-refractivity contribution in [1.82, 2.24) is 4.98 Å². The number of benzene rings is 1. The second-order valence-electron chi connectivity index (χ2n) is 4.68. The van der Waals surface area contributed by atoms with Crippen molar-refractivity contribution in [2.24, 2.45) is 0 Å². The molecule has 0 bridgehead atoms. The Hall–Kier alpha value is -1.59. The fourth-order valence-corrected chi connectivity index (χ4v) is 2.38. The predicted molar refractivity (Wildman–Crippen MR) is 90.4 cm³/mol. The number of halogens is 2. The van der Waals surface area contributed by atoms with Crippen LogP contribution in [-0.4, -0.2) is 17.9 Å². The molecule has 0 aliphatic heterocycles. The Labute approximate surface area is 137 Å². The summed E-state index contributed by atoms with van der Waals surface area (Å²) >= 11 is 9.55. The Bertz CT molecular complexity index is 680. The van der Waals surface area contributed by atoms with E-state index < -0.39 is 0 Å². The summed E-state index contributed by atoms with van der Waals surface area (Å²) in [5.74, 6) is 0.327. The molecule has 0 saturated heterocycles. The molecule has 6 heteroatoms. The maximum atomic E-state index is 12.3. The number of pyridine rings is 1. The van der Waals surface area contributed by atoms with E-state index >= 15 is 0 Å². The number of aryl methyl sites for hydroxylation is 2. The lowest BCUT2D eigenvalue weighted by Crippen LogP contribution is -2.13. The number of nitrogens with zero attached hydrogens (tertiary/aromatic N) is 1. The Morgan fingerprint density at radius 2 is 1.86 bits per heavy atom. The van der Waals surface area contributed by atoms with Gasteiger partial charge in [0.1, 0.15) is 5.82 Å². The summed E-state index contributed by atoms with van der Waals surface area (Å²) in [7, 11) is 1.74. The van der Waals surface area contributed by atoms with Gasteiger partial charge in [0.25, 0.3) is 5.91 Å². The average Bonchev–Trinajstić information content (AvgIpc) is 2.45. The molecule has 21 heavy (non-hydrogen) atoms. The largest absolute Gasteiger partial charge is 0.373 e. The van der Waals surface area contributed by atoms with Crippen LogP contribution in [0.5, 0.6) is 0 Å². The van der Waals surface area contributed by atoms with Crippen LogP contribution in [0.3, 0.4) is 0 Å². The lowest BCUT2D eigenvalue weighted by atomic mass is 10.1. The van der Waals surface area contributed by atoms with E-state index in [0.29, 0.717) is 16.4 Å². The highest BCUT2D eigenvalue weighted by Gasteiger charge is 2.13. The SMILES string of the molecule is CNc1cc(C(=O)Nc2cc(C)c(Br)c(C)c2)c(Cl)cn1. The van der Waals surface area contributed by atoms with Crippen LogP contribution in [0.4, 0.5) is 11.5 Å². The molecule has 0 fully saturated rings. The quantitative estimate of drug-likeness (QED) is 0.844. The number of carbonyl (C=O) groups excluding carboxylic acids is 1. The average molecular weight is 369 g/mol. The van der Waals surface area contributed by atoms with E-state index in [1.54, 1.807) is 13.1 Å². The molecule has 2 rings (SSSR count). The third-order valence-electron chi connectivity index (χ3n) is 3.05. The highest BCUT2D eigenvalue weighted by molar-refractivity contribution is 9.10. The number of amides is 1. The second-order valence-corrected chi connectivity index (χ2v) is 5.88. The maximum Gasteiger partial charge on any atom is 0.257 e. The summed E-state index contributed by atoms with van der Waals surface area (Å²) in [6, 6.07) is 5.43. The van der Waals surface area contributed by atoms with Crippen molar-refractivity contribution in [2.45, 2.75) is 13.8 Å². The fourth-order valence-electron chi connectivity index (χ4n) is 1.97. The molecule has 2 N–H and O–H groups in total. The molecule has 0 aliphatic rings. The molecule has 1 aromatic carbocycles. The third-order valence-corrected chi connectivity index (χ3v) is 4.60. The zero-order chi connectivity index (χ0) is 15.6. The van der Waals surface area contributed by atoms with E-state index in [1.807, 2.05) is 26.0 Å². The summed E-state index contributed by atoms with van der Waals surface area (Å²) < 4.78 is 1.04. The Kier molecular flexibility index (Phi) is 4.85. The van der Waals surface area contributed by atoms with Gasteiger partial charge in [-0.2, -0.15) is 0 Å². The van der Waals surface area contributed by atoms with Crippen molar-refractivity contribution in [3.05, 3.63) is 50.6 Å². The van der Waals surface area contributed by atoms with Crippen LogP contribution in [0.25, 0.3) is 0 Å². The van der Waals surface area contributed by atoms with Gasteiger partial charge in [0.15, 0.2) is 0 Å². The van der Waals surface area contributed by atoms with Gasteiger partial charge in [0.2, 0.25) is 0 Å². The lowest BCUT2D eigenvalue weighted by molar-refractivity contribution is 0.102. The monoisotopic (exact) mass is 367 g/mol. The van der Waals surface area contributed by atoms with Crippen LogP contribution in [0, 0.1) is 13.8 Å². The van der Waals surface area contributed by atoms with Gasteiger partial charge in [-0.05, 0) is 43.2 Å². The van der Waals surface area contributed by atoms with Crippen molar-refractivity contribution >= 4 is 44.9 Å². The highest BCUT2D eigenvalue weighted by Crippen LogP contribution is 2.26. The normalized spacial score (nSPS) is 10.3. The van der Waals surface area contributed by atoms with Crippen molar-refractivity contribution < 1.29 is 4.79 Å². The molecule has 1 amide bonds. The number of anilines is 2. The molecular weight excluding hydrogens is 354 g/mol. The van der Waals surface area contributed by atoms with Crippen LogP contribution in [-0.2, 0) is 0 Å². The highest BCUT2D eigenvalue weighted by atomic mass is 79.9. The van der Waals surface area contributed by atoms with E-state index in [4.69, 9.17) is 11.6 Å². The van der Waals surface area contributed by atoms with Gasteiger partial charge >= 0.3 is 0 Å². The zero-order valence-corrected chi connectivity index (χ0v) is 14.3. The number of hydrogen-bond acceptors (Lipinski definition) is 3. The summed E-state index contributed by atoms with van der Waals surface area (Å²) in [5, 5.41) is 6.06. The summed E-state index contributed by atoms with van der Waals surface area (Å²) in [4.78, 5) is 16.4. The smallest absolute Gasteiger partial charge is 0.257 e. The van der Waals surface area contributed by atoms with Gasteiger partial charge in [0, 0.05) is 23.4 Å². The minimum atomic E-state index is -0.264. The number of nitrogens with one attached hydrogen (secondary N) is 2. The van der Waals surface area contributed by atoms with Crippen molar-refractivity contribution in [3.63, 3.8) is 0 Å². The van der Waals surface area contributed by atoms with Crippen LogP contribution in [0.2, 0.25) is 5.02 Å². The Morgan fingerprint density at radius 3 is 2.43 bits per heavy atom. The zero-order valence-electron chi connectivity index (χ0n) is 11.9. The molecule has 0 radical (unpaired) electrons. The van der Waals surface area contributed by atoms with E-state index in [-0.39, 0.29) is 5.91 Å². The van der Waals surface area contributed by atoms with Crippen LogP contribution in [0.15, 0.2) is 28.9 Å². The Morgan fingerprint density at radius 1 is 1.24 bits per heavy atom. The molecule has 0 unspecified atom stereocenters. The van der Waals surface area contributed by atoms with Crippen LogP contribution < -0.4 is 10.6 Å². The molecular formula is C15H15BrClN3O. The van der Waals surface area contributed by atoms with Gasteiger partial charge in [-0.25, -0.2) is 4.98 Å². The van der Waals surface area contributed by atoms with Gasteiger partial charge in [-0.15, -0.1) is 0 Å². The molecule has 2 aromatic rings. The molecule has 110 valence electrons. The summed E-state index contributed by atoms with van der Waals surface area (Å²) in [5.41, 5.74) is 3.23. The fraction of sp³-hybridized carbons (Fsp3) is 0.200. The Balaban J connectivity index is 2.30. The lowest BCUT2D eigenvalue weighted by Gasteiger charge is -2.11. The first-order chi connectivity index (χ1) is 9.92. The molecule has 0 aliphatic carbocycles. The van der Waals surface area contributed by atoms with Crippen molar-refractivity contribution in [3.8, 4) is 0 Å². The van der Waals surface area contributed by atoms with Crippen molar-refractivity contribution in [1.29, 1.82) is 0 Å². The predicted octanol–water partition coefficient (Wildman–Crippen LogP) is 4.41. The van der Waals surface area contributed by atoms with Gasteiger partial charge in [-0.1, -0.05) is 27.5 Å². The number of aromatic nitrogens is 1. The van der Waals surface area contributed by atoms with E-state index in [9.17, 15) is 4.79 Å². The van der Waals surface area contributed by atoms with E-state index in [0.717, 1.165) is 21.3 Å². The topological polar surface area (TPSA) is 54.0 Å². The van der Waals surface area contributed by atoms with Gasteiger partial charge in [-0.3, -0.25) is 4.79 Å². The minimum Gasteiger partial charge on any atom is -0.373 e. The van der Waals surface area contributed by atoms with E-state index in [1.165, 1.54) is 6.20 Å².